The van der Waals surface area contributed by atoms with Gasteiger partial charge in [-0.05, 0) is 100 Å². The molecule has 26 nitrogen and oxygen atoms in total. The molecular formula is C58H94O26. The Hall–Kier alpha value is -1.30. The Morgan fingerprint density at radius 1 is 0.583 bits per heavy atom. The fourth-order valence-electron chi connectivity index (χ4n) is 18.3. The third-order valence-corrected chi connectivity index (χ3v) is 22.5. The summed E-state index contributed by atoms with van der Waals surface area (Å²) < 4.78 is 75.5. The molecule has 34 atom stereocenters. The van der Waals surface area contributed by atoms with Crippen LogP contribution in [-0.2, 0) is 56.8 Å². The van der Waals surface area contributed by atoms with Gasteiger partial charge >= 0.3 is 0 Å². The molecule has 0 aromatic rings. The van der Waals surface area contributed by atoms with Crippen LogP contribution in [-0.4, -0.2) is 269 Å². The molecule has 11 aliphatic rings. The molecule has 7 heterocycles. The van der Waals surface area contributed by atoms with E-state index in [-0.39, 0.29) is 46.0 Å². The number of hydrogen-bond acceptors (Lipinski definition) is 26. The average molecular weight is 1210 g/mol. The largest absolute Gasteiger partial charge is 0.394 e. The van der Waals surface area contributed by atoms with Crippen LogP contribution >= 0.6 is 0 Å². The normalized spacial score (nSPS) is 57.1. The fraction of sp³-hybridized carbons (Fsp3) is 0.966. The molecule has 14 N–H and O–H groups in total. The highest BCUT2D eigenvalue weighted by atomic mass is 16.8. The summed E-state index contributed by atoms with van der Waals surface area (Å²) in [5.41, 5.74) is -0.980. The van der Waals surface area contributed by atoms with Crippen LogP contribution in [0.4, 0.5) is 0 Å². The molecule has 21 unspecified atom stereocenters. The van der Waals surface area contributed by atoms with Crippen molar-refractivity contribution in [3.05, 3.63) is 11.6 Å². The van der Waals surface area contributed by atoms with Crippen LogP contribution in [0.2, 0.25) is 0 Å². The zero-order valence-electron chi connectivity index (χ0n) is 49.2. The standard InChI is InChI=1S/C58H94O26/c1-23(2)15-25-16-56(8,72)47-26-9-10-32-54(6)13-12-33(53(4,5)31(54)11-14-55(32,7)57(26)21-58(47,84-25)76-22-57)80-51-46(83-50-43(71)38(66)34(62)24(3)77-50)44(28(61)19-74-51)81-52-45(82-49-41(69)35(63)27(60)18-73-49)40(68)37(65)30(79-52)20-75-48-42(70)39(67)36(64)29(17-59)78-48/h15,24-52,59-72H,9-14,16-22H2,1-8H3/t24?,25?,26-,27?,28?,29?,30?,31-,32+,33?,34?,35?,36?,37?,38?,39?,40?,41?,42?,43?,44?,45?,46?,47+,48?,49+,50+,51+,52+,54-,55+,56-,57-,58-/m0/s1. The maximum atomic E-state index is 12.3. The van der Waals surface area contributed by atoms with Gasteiger partial charge in [0.15, 0.2) is 37.2 Å². The third-order valence-electron chi connectivity index (χ3n) is 22.5. The molecule has 2 bridgehead atoms. The summed E-state index contributed by atoms with van der Waals surface area (Å²) >= 11 is 0. The van der Waals surface area contributed by atoms with E-state index in [2.05, 4.69) is 33.8 Å². The van der Waals surface area contributed by atoms with Gasteiger partial charge < -0.3 is 128 Å². The third kappa shape index (κ3) is 10.5. The van der Waals surface area contributed by atoms with Crippen LogP contribution in [0.3, 0.4) is 0 Å². The van der Waals surface area contributed by atoms with E-state index in [0.717, 1.165) is 44.1 Å². The minimum absolute atomic E-state index is 0.110. The molecule has 4 saturated carbocycles. The number of aliphatic hydroxyl groups is 14. The van der Waals surface area contributed by atoms with Crippen LogP contribution in [0.25, 0.3) is 0 Å². The average Bonchev–Trinajstić information content (AvgIpc) is 1.44. The summed E-state index contributed by atoms with van der Waals surface area (Å²) in [6, 6.07) is 0. The van der Waals surface area contributed by atoms with Crippen LogP contribution in [0.15, 0.2) is 11.6 Å². The van der Waals surface area contributed by atoms with Gasteiger partial charge in [0.05, 0.1) is 56.9 Å². The van der Waals surface area contributed by atoms with Gasteiger partial charge in [0.2, 0.25) is 0 Å². The van der Waals surface area contributed by atoms with Gasteiger partial charge in [-0.15, -0.1) is 0 Å². The second kappa shape index (κ2) is 23.4. The van der Waals surface area contributed by atoms with Crippen molar-refractivity contribution in [1.29, 1.82) is 0 Å². The Kier molecular flexibility index (Phi) is 17.9. The molecule has 0 radical (unpaired) electrons. The minimum Gasteiger partial charge on any atom is -0.394 e. The molecule has 0 aromatic carbocycles. The highest BCUT2D eigenvalue weighted by molar-refractivity contribution is 5.27. The highest BCUT2D eigenvalue weighted by Gasteiger charge is 2.81. The van der Waals surface area contributed by atoms with Crippen molar-refractivity contribution in [2.75, 3.05) is 33.0 Å². The van der Waals surface area contributed by atoms with Crippen molar-refractivity contribution < 1.29 is 128 Å². The number of fused-ring (bicyclic) bond motifs is 4. The predicted molar refractivity (Wildman–Crippen MR) is 283 cm³/mol. The van der Waals surface area contributed by atoms with Crippen molar-refractivity contribution >= 4 is 0 Å². The molecule has 7 aliphatic heterocycles. The lowest BCUT2D eigenvalue weighted by molar-refractivity contribution is -0.401. The summed E-state index contributed by atoms with van der Waals surface area (Å²) in [5, 5.41) is 154. The van der Waals surface area contributed by atoms with E-state index in [1.165, 1.54) is 6.92 Å². The second-order valence-corrected chi connectivity index (χ2v) is 28.2. The van der Waals surface area contributed by atoms with Crippen molar-refractivity contribution in [3.63, 3.8) is 0 Å². The van der Waals surface area contributed by atoms with Gasteiger partial charge in [-0.1, -0.05) is 39.3 Å². The van der Waals surface area contributed by atoms with Gasteiger partial charge in [-0.2, -0.15) is 0 Å². The molecule has 0 aromatic heterocycles. The fourth-order valence-corrected chi connectivity index (χ4v) is 18.3. The Balaban J connectivity index is 0.870. The monoisotopic (exact) mass is 1210 g/mol. The Labute approximate surface area is 488 Å². The van der Waals surface area contributed by atoms with E-state index in [4.69, 9.17) is 56.8 Å². The number of rotatable bonds is 13. The van der Waals surface area contributed by atoms with Crippen molar-refractivity contribution in [3.8, 4) is 0 Å². The van der Waals surface area contributed by atoms with Gasteiger partial charge in [0.25, 0.3) is 0 Å². The Morgan fingerprint density at radius 3 is 1.93 bits per heavy atom. The van der Waals surface area contributed by atoms with Gasteiger partial charge in [0, 0.05) is 24.2 Å². The summed E-state index contributed by atoms with van der Waals surface area (Å²) in [5.74, 6) is -0.440. The topological polar surface area (TPSA) is 394 Å². The van der Waals surface area contributed by atoms with Crippen molar-refractivity contribution in [1.82, 2.24) is 0 Å². The molecule has 11 fully saturated rings. The molecule has 4 aliphatic carbocycles. The zero-order valence-corrected chi connectivity index (χ0v) is 49.2. The maximum Gasteiger partial charge on any atom is 0.187 e. The van der Waals surface area contributed by atoms with Crippen molar-refractivity contribution in [2.24, 2.45) is 45.3 Å². The smallest absolute Gasteiger partial charge is 0.187 e. The van der Waals surface area contributed by atoms with Crippen LogP contribution in [0, 0.1) is 45.3 Å². The molecule has 84 heavy (non-hydrogen) atoms. The number of aliphatic hydroxyl groups excluding tert-OH is 13. The molecule has 11 rings (SSSR count). The summed E-state index contributed by atoms with van der Waals surface area (Å²) in [6.07, 6.45) is -31.8. The van der Waals surface area contributed by atoms with E-state index in [0.29, 0.717) is 19.4 Å². The highest BCUT2D eigenvalue weighted by Crippen LogP contribution is 2.80. The van der Waals surface area contributed by atoms with Gasteiger partial charge in [0.1, 0.15) is 104 Å². The van der Waals surface area contributed by atoms with Crippen LogP contribution < -0.4 is 0 Å². The van der Waals surface area contributed by atoms with E-state index >= 15 is 0 Å². The van der Waals surface area contributed by atoms with E-state index in [1.807, 2.05) is 20.8 Å². The summed E-state index contributed by atoms with van der Waals surface area (Å²) in [4.78, 5) is 0. The second-order valence-electron chi connectivity index (χ2n) is 28.2. The first-order valence-corrected chi connectivity index (χ1v) is 30.3. The summed E-state index contributed by atoms with van der Waals surface area (Å²) in [7, 11) is 0. The Morgan fingerprint density at radius 2 is 1.21 bits per heavy atom. The molecule has 26 heteroatoms. The lowest BCUT2D eigenvalue weighted by atomic mass is 9.35. The zero-order chi connectivity index (χ0) is 60.7. The van der Waals surface area contributed by atoms with Gasteiger partial charge in [-0.25, -0.2) is 0 Å². The lowest BCUT2D eigenvalue weighted by Gasteiger charge is -2.70. The van der Waals surface area contributed by atoms with Crippen molar-refractivity contribution in [2.45, 2.75) is 272 Å². The first kappa shape index (κ1) is 64.2. The number of ether oxygens (including phenoxy) is 12. The lowest BCUT2D eigenvalue weighted by Crippen LogP contribution is -2.68. The van der Waals surface area contributed by atoms with E-state index < -0.39 is 191 Å². The molecule has 7 saturated heterocycles. The number of hydrogen-bond donors (Lipinski definition) is 14. The molecular weight excluding hydrogens is 1110 g/mol. The first-order chi connectivity index (χ1) is 39.4. The van der Waals surface area contributed by atoms with Crippen LogP contribution in [0.1, 0.15) is 107 Å². The maximum absolute atomic E-state index is 12.3. The predicted octanol–water partition coefficient (Wildman–Crippen LogP) is -2.72. The van der Waals surface area contributed by atoms with E-state index in [1.54, 1.807) is 0 Å². The summed E-state index contributed by atoms with van der Waals surface area (Å²) in [6.45, 7) is 14.8. The minimum atomic E-state index is -2.04. The van der Waals surface area contributed by atoms with Crippen LogP contribution in [0.5, 0.6) is 0 Å². The molecule has 2 spiro atoms. The first-order valence-electron chi connectivity index (χ1n) is 30.3. The van der Waals surface area contributed by atoms with E-state index in [9.17, 15) is 71.5 Å². The van der Waals surface area contributed by atoms with Gasteiger partial charge in [-0.3, -0.25) is 0 Å². The molecule has 0 amide bonds. The quantitative estimate of drug-likeness (QED) is 0.0658. The Bertz CT molecular complexity index is 2330. The SMILES string of the molecule is CC(C)=CC1C[C@](C)(O)[C@H]2[C@@H]3CC[C@@H]4[C@@]5(C)CCC(O[C@H]6OCC(O)C(O[C@H]7OC(COC8OC(CO)C(O)C(O)C8O)C(O)C(O)C7O[C@H]7OCC(O)C(O)C7O)C6O[C@H]6OC(C)C(O)C(O)C6O)C(C)(C)[C@@H]5CC[C@@]4(C)[C@@]34CO[C@@]2(C4)O1. The molecule has 482 valence electrons. The number of allylic oxidation sites excluding steroid dienone is 1.